The first kappa shape index (κ1) is 18.3. The van der Waals surface area contributed by atoms with Crippen LogP contribution in [0.4, 0.5) is 0 Å². The smallest absolute Gasteiger partial charge is 0.252 e. The van der Waals surface area contributed by atoms with Crippen LogP contribution in [0.5, 0.6) is 0 Å². The standard InChI is InChI=1S/C21H27N3O3/c1-14(2)21-22-17-15-6-3-4-7-16(15)19(25)20(26)18(17)24(21)9-5-8-23-10-12-27-13-11-23/h6-7,14H,3-5,8-13H2,1-2H3. The van der Waals surface area contributed by atoms with Crippen molar-refractivity contribution in [1.82, 2.24) is 14.5 Å². The molecule has 1 aliphatic heterocycles. The van der Waals surface area contributed by atoms with E-state index in [1.165, 1.54) is 0 Å². The third-order valence-electron chi connectivity index (χ3n) is 5.55. The summed E-state index contributed by atoms with van der Waals surface area (Å²) in [5.41, 5.74) is 2.61. The molecule has 0 spiro atoms. The van der Waals surface area contributed by atoms with E-state index >= 15 is 0 Å². The van der Waals surface area contributed by atoms with Crippen molar-refractivity contribution in [3.63, 3.8) is 0 Å². The van der Waals surface area contributed by atoms with Gasteiger partial charge in [0.2, 0.25) is 5.78 Å². The lowest BCUT2D eigenvalue weighted by molar-refractivity contribution is -0.111. The van der Waals surface area contributed by atoms with Gasteiger partial charge in [0.25, 0.3) is 5.78 Å². The van der Waals surface area contributed by atoms with Gasteiger partial charge >= 0.3 is 0 Å². The van der Waals surface area contributed by atoms with Gasteiger partial charge in [0, 0.05) is 43.2 Å². The van der Waals surface area contributed by atoms with Gasteiger partial charge in [0.05, 0.1) is 13.2 Å². The Kier molecular flexibility index (Phi) is 5.10. The number of fused-ring (bicyclic) bond motifs is 3. The monoisotopic (exact) mass is 369 g/mol. The number of carbonyl (C=O) groups is 2. The average molecular weight is 369 g/mol. The molecule has 1 aromatic heterocycles. The van der Waals surface area contributed by atoms with Crippen molar-refractivity contribution in [2.45, 2.75) is 45.6 Å². The molecule has 0 saturated carbocycles. The maximum Gasteiger partial charge on any atom is 0.252 e. The fourth-order valence-electron chi connectivity index (χ4n) is 4.18. The van der Waals surface area contributed by atoms with E-state index < -0.39 is 5.78 Å². The van der Waals surface area contributed by atoms with Crippen LogP contribution >= 0.6 is 0 Å². The molecule has 0 radical (unpaired) electrons. The van der Waals surface area contributed by atoms with Crippen molar-refractivity contribution in [3.8, 4) is 0 Å². The third kappa shape index (κ3) is 3.32. The predicted molar refractivity (Wildman–Crippen MR) is 103 cm³/mol. The van der Waals surface area contributed by atoms with Crippen LogP contribution in [0.3, 0.4) is 0 Å². The third-order valence-corrected chi connectivity index (χ3v) is 5.55. The average Bonchev–Trinajstić information content (AvgIpc) is 3.07. The highest BCUT2D eigenvalue weighted by atomic mass is 16.5. The number of Topliss-reactive ketones (excluding diaryl/α,β-unsaturated/α-hetero) is 2. The number of carbonyl (C=O) groups excluding carboxylic acids is 2. The first-order valence-electron chi connectivity index (χ1n) is 9.98. The first-order chi connectivity index (χ1) is 13.1. The molecule has 27 heavy (non-hydrogen) atoms. The number of rotatable bonds is 5. The van der Waals surface area contributed by atoms with Gasteiger partial charge in [-0.3, -0.25) is 14.5 Å². The highest BCUT2D eigenvalue weighted by Crippen LogP contribution is 2.37. The minimum absolute atomic E-state index is 0.193. The minimum Gasteiger partial charge on any atom is -0.379 e. The van der Waals surface area contributed by atoms with E-state index in [2.05, 4.69) is 24.8 Å². The van der Waals surface area contributed by atoms with Gasteiger partial charge in [0.1, 0.15) is 17.2 Å². The number of hydrogen-bond donors (Lipinski definition) is 0. The van der Waals surface area contributed by atoms with Crippen molar-refractivity contribution < 1.29 is 14.3 Å². The number of morpholine rings is 1. The van der Waals surface area contributed by atoms with E-state index in [1.54, 1.807) is 0 Å². The van der Waals surface area contributed by atoms with Crippen LogP contribution in [0.25, 0.3) is 5.57 Å². The molecular weight excluding hydrogens is 342 g/mol. The van der Waals surface area contributed by atoms with Gasteiger partial charge in [-0.25, -0.2) is 4.98 Å². The van der Waals surface area contributed by atoms with Crippen molar-refractivity contribution in [3.05, 3.63) is 34.9 Å². The molecule has 2 heterocycles. The van der Waals surface area contributed by atoms with Gasteiger partial charge in [-0.15, -0.1) is 0 Å². The molecule has 0 unspecified atom stereocenters. The Morgan fingerprint density at radius 2 is 1.74 bits per heavy atom. The Morgan fingerprint density at radius 1 is 1.04 bits per heavy atom. The number of nitrogens with zero attached hydrogens (tertiary/aromatic N) is 3. The van der Waals surface area contributed by atoms with Crippen molar-refractivity contribution in [2.75, 3.05) is 32.8 Å². The molecule has 3 aliphatic rings. The summed E-state index contributed by atoms with van der Waals surface area (Å²) in [5, 5.41) is 0. The number of ether oxygens (including phenoxy) is 1. The number of imidazole rings is 1. The molecule has 1 saturated heterocycles. The maximum absolute atomic E-state index is 12.9. The number of aromatic nitrogens is 2. The molecule has 0 aromatic carbocycles. The number of ketones is 2. The first-order valence-corrected chi connectivity index (χ1v) is 9.98. The lowest BCUT2D eigenvalue weighted by Gasteiger charge is -2.27. The van der Waals surface area contributed by atoms with E-state index in [1.807, 2.05) is 10.6 Å². The zero-order valence-electron chi connectivity index (χ0n) is 16.2. The van der Waals surface area contributed by atoms with Gasteiger partial charge in [-0.2, -0.15) is 0 Å². The summed E-state index contributed by atoms with van der Waals surface area (Å²) >= 11 is 0. The Bertz CT molecular complexity index is 826. The Hall–Kier alpha value is -2.05. The summed E-state index contributed by atoms with van der Waals surface area (Å²) < 4.78 is 7.41. The zero-order chi connectivity index (χ0) is 19.0. The van der Waals surface area contributed by atoms with Crippen LogP contribution in [0, 0.1) is 0 Å². The molecule has 4 rings (SSSR count). The van der Waals surface area contributed by atoms with E-state index in [9.17, 15) is 9.59 Å². The normalized spacial score (nSPS) is 20.4. The molecule has 0 amide bonds. The Morgan fingerprint density at radius 3 is 2.44 bits per heavy atom. The minimum atomic E-state index is -0.402. The lowest BCUT2D eigenvalue weighted by Crippen LogP contribution is -2.37. The van der Waals surface area contributed by atoms with Crippen molar-refractivity contribution in [2.24, 2.45) is 0 Å². The number of allylic oxidation sites excluding steroid dienone is 4. The van der Waals surface area contributed by atoms with Gasteiger partial charge in [0.15, 0.2) is 0 Å². The molecule has 6 nitrogen and oxygen atoms in total. The van der Waals surface area contributed by atoms with Crippen LogP contribution in [0.2, 0.25) is 0 Å². The second kappa shape index (κ2) is 7.52. The SMILES string of the molecule is CC(C)c1nc2c(n1CCCN1CCOCC1)C(=O)C(=O)C1=CCCC=C12. The van der Waals surface area contributed by atoms with Crippen LogP contribution < -0.4 is 0 Å². The predicted octanol–water partition coefficient (Wildman–Crippen LogP) is 2.60. The molecule has 2 aliphatic carbocycles. The Labute approximate surface area is 159 Å². The summed E-state index contributed by atoms with van der Waals surface area (Å²) in [7, 11) is 0. The summed E-state index contributed by atoms with van der Waals surface area (Å²) in [6, 6.07) is 0. The number of hydrogen-bond acceptors (Lipinski definition) is 5. The van der Waals surface area contributed by atoms with Crippen LogP contribution in [0.1, 0.15) is 61.0 Å². The molecule has 0 bridgehead atoms. The molecule has 1 aromatic rings. The maximum atomic E-state index is 12.9. The summed E-state index contributed by atoms with van der Waals surface area (Å²) in [6.45, 7) is 9.33. The van der Waals surface area contributed by atoms with E-state index in [0.717, 1.165) is 63.5 Å². The second-order valence-electron chi connectivity index (χ2n) is 7.75. The summed E-state index contributed by atoms with van der Waals surface area (Å²) in [4.78, 5) is 32.8. The van der Waals surface area contributed by atoms with Crippen LogP contribution in [0.15, 0.2) is 17.7 Å². The fraction of sp³-hybridized carbons (Fsp3) is 0.571. The highest BCUT2D eigenvalue weighted by molar-refractivity contribution is 6.54. The van der Waals surface area contributed by atoms with E-state index in [-0.39, 0.29) is 11.7 Å². The van der Waals surface area contributed by atoms with Gasteiger partial charge < -0.3 is 9.30 Å². The van der Waals surface area contributed by atoms with Gasteiger partial charge in [-0.05, 0) is 19.3 Å². The van der Waals surface area contributed by atoms with Crippen LogP contribution in [-0.2, 0) is 16.1 Å². The van der Waals surface area contributed by atoms with E-state index in [4.69, 9.17) is 9.72 Å². The Balaban J connectivity index is 1.64. The molecule has 144 valence electrons. The van der Waals surface area contributed by atoms with Crippen molar-refractivity contribution in [1.29, 1.82) is 0 Å². The van der Waals surface area contributed by atoms with Crippen molar-refractivity contribution >= 4 is 17.1 Å². The summed E-state index contributed by atoms with van der Waals surface area (Å²) in [5.74, 6) is 0.313. The zero-order valence-corrected chi connectivity index (χ0v) is 16.2. The summed E-state index contributed by atoms with van der Waals surface area (Å²) in [6.07, 6.45) is 6.58. The second-order valence-corrected chi connectivity index (χ2v) is 7.75. The quantitative estimate of drug-likeness (QED) is 0.747. The topological polar surface area (TPSA) is 64.4 Å². The molecule has 0 atom stereocenters. The van der Waals surface area contributed by atoms with Gasteiger partial charge in [-0.1, -0.05) is 26.0 Å². The van der Waals surface area contributed by atoms with E-state index in [0.29, 0.717) is 23.5 Å². The molecular formula is C21H27N3O3. The molecule has 6 heteroatoms. The fourth-order valence-corrected chi connectivity index (χ4v) is 4.18. The molecule has 1 fully saturated rings. The highest BCUT2D eigenvalue weighted by Gasteiger charge is 2.38. The lowest BCUT2D eigenvalue weighted by atomic mass is 9.84. The largest absolute Gasteiger partial charge is 0.379 e. The molecule has 0 N–H and O–H groups in total. The van der Waals surface area contributed by atoms with Crippen LogP contribution in [-0.4, -0.2) is 58.9 Å².